The van der Waals surface area contributed by atoms with Crippen LogP contribution in [-0.2, 0) is 17.8 Å². The summed E-state index contributed by atoms with van der Waals surface area (Å²) in [6, 6.07) is 16.5. The number of para-hydroxylation sites is 1. The van der Waals surface area contributed by atoms with E-state index in [1.165, 1.54) is 5.39 Å². The van der Waals surface area contributed by atoms with Crippen LogP contribution in [0.1, 0.15) is 12.5 Å². The molecule has 2 heterocycles. The lowest BCUT2D eigenvalue weighted by atomic mass is 10.2. The number of aliphatic hydroxyl groups is 1. The Hall–Kier alpha value is -2.58. The van der Waals surface area contributed by atoms with Gasteiger partial charge in [-0.25, -0.2) is 0 Å². The van der Waals surface area contributed by atoms with E-state index in [2.05, 4.69) is 44.7 Å². The van der Waals surface area contributed by atoms with E-state index >= 15 is 0 Å². The average Bonchev–Trinajstić information content (AvgIpc) is 3.24. The van der Waals surface area contributed by atoms with Crippen LogP contribution in [0.25, 0.3) is 10.9 Å². The molecule has 7 nitrogen and oxygen atoms in total. The number of likely N-dealkylation sites (N-methyl/N-ethyl adjacent to an activating group) is 1. The van der Waals surface area contributed by atoms with E-state index in [0.717, 1.165) is 62.0 Å². The zero-order valence-electron chi connectivity index (χ0n) is 20.4. The fraction of sp³-hybridized carbons (Fsp3) is 0.481. The molecule has 1 aromatic heterocycles. The predicted octanol–water partition coefficient (Wildman–Crippen LogP) is 3.24. The quantitative estimate of drug-likeness (QED) is 0.441. The fourth-order valence-electron chi connectivity index (χ4n) is 4.47. The maximum atomic E-state index is 10.7. The highest BCUT2D eigenvalue weighted by molar-refractivity contribution is 5.79. The third kappa shape index (κ3) is 6.73. The summed E-state index contributed by atoms with van der Waals surface area (Å²) in [6.07, 6.45) is 1.58. The summed E-state index contributed by atoms with van der Waals surface area (Å²) in [7, 11) is 2.03. The van der Waals surface area contributed by atoms with Crippen LogP contribution >= 0.6 is 0 Å². The molecule has 2 aromatic carbocycles. The summed E-state index contributed by atoms with van der Waals surface area (Å²) in [5.41, 5.74) is 2.28. The van der Waals surface area contributed by atoms with Gasteiger partial charge in [0, 0.05) is 51.0 Å². The molecule has 0 radical (unpaired) electrons. The zero-order valence-corrected chi connectivity index (χ0v) is 20.4. The molecular formula is C27H37N3O4. The van der Waals surface area contributed by atoms with E-state index in [1.807, 2.05) is 38.4 Å². The second kappa shape index (κ2) is 12.2. The zero-order chi connectivity index (χ0) is 23.8. The van der Waals surface area contributed by atoms with Gasteiger partial charge in [0.1, 0.15) is 6.61 Å². The fourth-order valence-corrected chi connectivity index (χ4v) is 4.47. The number of benzene rings is 2. The Morgan fingerprint density at radius 1 is 1.06 bits per heavy atom. The second-order valence-electron chi connectivity index (χ2n) is 8.89. The van der Waals surface area contributed by atoms with Crippen LogP contribution in [0.4, 0.5) is 0 Å². The van der Waals surface area contributed by atoms with Gasteiger partial charge in [0.15, 0.2) is 11.5 Å². The smallest absolute Gasteiger partial charge is 0.161 e. The van der Waals surface area contributed by atoms with Gasteiger partial charge in [-0.15, -0.1) is 0 Å². The lowest BCUT2D eigenvalue weighted by molar-refractivity contribution is 0.0320. The van der Waals surface area contributed by atoms with Gasteiger partial charge in [0.05, 0.1) is 25.9 Å². The number of ether oxygens (including phenoxy) is 3. The Bertz CT molecular complexity index is 1030. The van der Waals surface area contributed by atoms with Crippen molar-refractivity contribution >= 4 is 10.9 Å². The van der Waals surface area contributed by atoms with Gasteiger partial charge in [-0.05, 0) is 49.2 Å². The molecule has 0 spiro atoms. The normalized spacial score (nSPS) is 15.6. The van der Waals surface area contributed by atoms with Crippen LogP contribution < -0.4 is 9.47 Å². The van der Waals surface area contributed by atoms with E-state index in [4.69, 9.17) is 14.2 Å². The van der Waals surface area contributed by atoms with E-state index in [9.17, 15) is 5.11 Å². The average molecular weight is 468 g/mol. The molecular weight excluding hydrogens is 430 g/mol. The lowest BCUT2D eigenvalue weighted by Gasteiger charge is -2.26. The molecule has 0 saturated carbocycles. The molecule has 34 heavy (non-hydrogen) atoms. The summed E-state index contributed by atoms with van der Waals surface area (Å²) in [4.78, 5) is 4.50. The van der Waals surface area contributed by atoms with Gasteiger partial charge in [-0.2, -0.15) is 0 Å². The molecule has 7 heteroatoms. The number of nitrogens with zero attached hydrogens (tertiary/aromatic N) is 3. The molecule has 1 fully saturated rings. The van der Waals surface area contributed by atoms with Crippen LogP contribution in [0.15, 0.2) is 54.7 Å². The number of hydrogen-bond donors (Lipinski definition) is 1. The first-order valence-corrected chi connectivity index (χ1v) is 12.2. The van der Waals surface area contributed by atoms with Crippen molar-refractivity contribution in [1.29, 1.82) is 0 Å². The number of rotatable bonds is 12. The highest BCUT2D eigenvalue weighted by Crippen LogP contribution is 2.29. The molecule has 0 aliphatic carbocycles. The largest absolute Gasteiger partial charge is 0.490 e. The molecule has 4 rings (SSSR count). The van der Waals surface area contributed by atoms with E-state index < -0.39 is 6.10 Å². The second-order valence-corrected chi connectivity index (χ2v) is 8.89. The van der Waals surface area contributed by atoms with Crippen molar-refractivity contribution in [3.05, 3.63) is 60.3 Å². The van der Waals surface area contributed by atoms with Crippen LogP contribution in [0.3, 0.4) is 0 Å². The Balaban J connectivity index is 1.29. The van der Waals surface area contributed by atoms with Crippen molar-refractivity contribution in [1.82, 2.24) is 14.4 Å². The first-order chi connectivity index (χ1) is 16.6. The highest BCUT2D eigenvalue weighted by Gasteiger charge is 2.14. The molecule has 0 bridgehead atoms. The summed E-state index contributed by atoms with van der Waals surface area (Å²) >= 11 is 0. The Morgan fingerprint density at radius 3 is 2.71 bits per heavy atom. The van der Waals surface area contributed by atoms with Crippen LogP contribution in [-0.4, -0.2) is 85.2 Å². The Labute approximate surface area is 202 Å². The third-order valence-corrected chi connectivity index (χ3v) is 6.14. The van der Waals surface area contributed by atoms with Crippen molar-refractivity contribution in [2.45, 2.75) is 26.1 Å². The van der Waals surface area contributed by atoms with Crippen LogP contribution in [0.2, 0.25) is 0 Å². The Kier molecular flexibility index (Phi) is 8.82. The Morgan fingerprint density at radius 2 is 1.88 bits per heavy atom. The number of morpholine rings is 1. The minimum absolute atomic E-state index is 0.463. The number of hydrogen-bond acceptors (Lipinski definition) is 6. The van der Waals surface area contributed by atoms with E-state index in [0.29, 0.717) is 26.3 Å². The summed E-state index contributed by atoms with van der Waals surface area (Å²) < 4.78 is 19.4. The van der Waals surface area contributed by atoms with Crippen LogP contribution in [0.5, 0.6) is 11.5 Å². The van der Waals surface area contributed by atoms with Gasteiger partial charge < -0.3 is 23.9 Å². The molecule has 0 unspecified atom stereocenters. The SMILES string of the molecule is CCOc1cc(CN(C)C[C@H](O)Cn2ccc3ccccc32)ccc1OCCN1CCOCC1. The molecule has 1 N–H and O–H groups in total. The van der Waals surface area contributed by atoms with Crippen LogP contribution in [0, 0.1) is 0 Å². The first kappa shape index (κ1) is 24.5. The molecule has 1 saturated heterocycles. The molecule has 3 aromatic rings. The number of aliphatic hydroxyl groups excluding tert-OH is 1. The highest BCUT2D eigenvalue weighted by atomic mass is 16.5. The first-order valence-electron chi connectivity index (χ1n) is 12.2. The van der Waals surface area contributed by atoms with Gasteiger partial charge in [-0.3, -0.25) is 9.80 Å². The van der Waals surface area contributed by atoms with Gasteiger partial charge in [0.25, 0.3) is 0 Å². The van der Waals surface area contributed by atoms with Crippen molar-refractivity contribution in [3.63, 3.8) is 0 Å². The standard InChI is InChI=1S/C27H37N3O4/c1-3-33-27-18-22(8-9-26(27)34-17-14-29-12-15-32-16-13-29)19-28(2)20-24(31)21-30-11-10-23-6-4-5-7-25(23)30/h4-11,18,24,31H,3,12-17,19-21H2,1-2H3/t24-/m0/s1. The third-order valence-electron chi connectivity index (χ3n) is 6.14. The van der Waals surface area contributed by atoms with Crippen molar-refractivity contribution < 1.29 is 19.3 Å². The molecule has 184 valence electrons. The predicted molar refractivity (Wildman–Crippen MR) is 135 cm³/mol. The van der Waals surface area contributed by atoms with Crippen molar-refractivity contribution in [2.75, 3.05) is 59.7 Å². The number of aromatic nitrogens is 1. The minimum atomic E-state index is -0.463. The van der Waals surface area contributed by atoms with Crippen molar-refractivity contribution in [2.24, 2.45) is 0 Å². The minimum Gasteiger partial charge on any atom is -0.490 e. The number of fused-ring (bicyclic) bond motifs is 1. The molecule has 0 amide bonds. The maximum Gasteiger partial charge on any atom is 0.161 e. The summed E-state index contributed by atoms with van der Waals surface area (Å²) in [5.74, 6) is 1.55. The monoisotopic (exact) mass is 467 g/mol. The van der Waals surface area contributed by atoms with Gasteiger partial charge in [-0.1, -0.05) is 24.3 Å². The molecule has 1 aliphatic heterocycles. The molecule has 1 aliphatic rings. The maximum absolute atomic E-state index is 10.7. The molecule has 1 atom stereocenters. The lowest BCUT2D eigenvalue weighted by Crippen LogP contribution is -2.38. The summed E-state index contributed by atoms with van der Waals surface area (Å²) in [6.45, 7) is 9.45. The van der Waals surface area contributed by atoms with Crippen molar-refractivity contribution in [3.8, 4) is 11.5 Å². The topological polar surface area (TPSA) is 59.3 Å². The van der Waals surface area contributed by atoms with Gasteiger partial charge >= 0.3 is 0 Å². The summed E-state index contributed by atoms with van der Waals surface area (Å²) in [5, 5.41) is 11.9. The van der Waals surface area contributed by atoms with E-state index in [-0.39, 0.29) is 0 Å². The van der Waals surface area contributed by atoms with Gasteiger partial charge in [0.2, 0.25) is 0 Å². The van der Waals surface area contributed by atoms with E-state index in [1.54, 1.807) is 0 Å².